The molecule has 0 aliphatic carbocycles. The Bertz CT molecular complexity index is 1090. The summed E-state index contributed by atoms with van der Waals surface area (Å²) in [6.45, 7) is 4.73. The molecule has 0 bridgehead atoms. The first-order valence-electron chi connectivity index (χ1n) is 11.8. The fourth-order valence-electron chi connectivity index (χ4n) is 3.56. The van der Waals surface area contributed by atoms with Crippen LogP contribution in [0.1, 0.15) is 16.7 Å². The van der Waals surface area contributed by atoms with Gasteiger partial charge in [0.2, 0.25) is 0 Å². The van der Waals surface area contributed by atoms with Crippen molar-refractivity contribution in [2.75, 3.05) is 0 Å². The second kappa shape index (κ2) is 15.3. The Balaban J connectivity index is 1.89. The molecule has 0 radical (unpaired) electrons. The van der Waals surface area contributed by atoms with Gasteiger partial charge in [0.05, 0.1) is 19.8 Å². The van der Waals surface area contributed by atoms with Gasteiger partial charge in [-0.1, -0.05) is 116 Å². The van der Waals surface area contributed by atoms with Crippen LogP contribution in [-0.4, -0.2) is 29.4 Å². The van der Waals surface area contributed by atoms with E-state index in [1.807, 2.05) is 97.1 Å². The van der Waals surface area contributed by atoms with Crippen LogP contribution in [-0.2, 0) is 38.8 Å². The molecule has 3 aromatic carbocycles. The highest BCUT2D eigenvalue weighted by Gasteiger charge is 2.30. The zero-order chi connectivity index (χ0) is 25.4. The first-order valence-corrected chi connectivity index (χ1v) is 11.8. The van der Waals surface area contributed by atoms with Crippen molar-refractivity contribution in [2.45, 2.75) is 38.1 Å². The first kappa shape index (κ1) is 26.8. The molecular weight excluding hydrogens is 452 g/mol. The van der Waals surface area contributed by atoms with Crippen molar-refractivity contribution in [3.8, 4) is 0 Å². The van der Waals surface area contributed by atoms with Crippen LogP contribution in [0.4, 0.5) is 0 Å². The maximum absolute atomic E-state index is 11.4. The Morgan fingerprint density at radius 3 is 1.53 bits per heavy atom. The van der Waals surface area contributed by atoms with Gasteiger partial charge >= 0.3 is 5.97 Å². The van der Waals surface area contributed by atoms with Crippen LogP contribution >= 0.6 is 0 Å². The molecule has 186 valence electrons. The monoisotopic (exact) mass is 484 g/mol. The number of ether oxygens (including phenoxy) is 3. The van der Waals surface area contributed by atoms with Crippen LogP contribution in [0.15, 0.2) is 128 Å². The van der Waals surface area contributed by atoms with Gasteiger partial charge in [-0.15, -0.1) is 0 Å². The van der Waals surface area contributed by atoms with Gasteiger partial charge in [-0.05, 0) is 22.8 Å². The fourth-order valence-corrected chi connectivity index (χ4v) is 3.56. The highest BCUT2D eigenvalue weighted by Crippen LogP contribution is 2.20. The molecule has 0 aliphatic rings. The van der Waals surface area contributed by atoms with Crippen LogP contribution in [0.2, 0.25) is 0 Å². The Morgan fingerprint density at radius 2 is 1.11 bits per heavy atom. The topological polar surface area (TPSA) is 65.0 Å². The van der Waals surface area contributed by atoms with Crippen LogP contribution < -0.4 is 0 Å². The molecule has 1 N–H and O–H groups in total. The summed E-state index contributed by atoms with van der Waals surface area (Å²) in [5, 5.41) is 9.33. The zero-order valence-electron chi connectivity index (χ0n) is 20.2. The summed E-state index contributed by atoms with van der Waals surface area (Å²) in [5.41, 5.74) is 2.97. The Morgan fingerprint density at radius 1 is 0.694 bits per heavy atom. The number of hydrogen-bond donors (Lipinski definition) is 1. The number of aliphatic carboxylic acids is 1. The molecule has 0 unspecified atom stereocenters. The number of rotatable bonds is 15. The number of carboxylic acids is 1. The first-order chi connectivity index (χ1) is 17.7. The number of hydrogen-bond acceptors (Lipinski definition) is 4. The second-order valence-corrected chi connectivity index (χ2v) is 8.10. The molecule has 0 saturated carbocycles. The molecule has 0 aliphatic heterocycles. The standard InChI is InChI=1S/C31H32O5/c1-2-3-19-28(34-22-25-13-7-4-8-14-25)31(36-24-27-17-11-6-12-18-27)29(20-21-30(32)33)35-23-26-15-9-5-10-16-26/h2-21,28-29,31H,1,22-24H2,(H,32,33)/b19-3+,21-20+/t28-,29-,31-/m0/s1. The Hall–Kier alpha value is -3.77. The number of carbonyl (C=O) groups is 1. The van der Waals surface area contributed by atoms with Gasteiger partial charge in [0.25, 0.3) is 0 Å². The maximum Gasteiger partial charge on any atom is 0.328 e. The molecule has 3 rings (SSSR count). The molecule has 36 heavy (non-hydrogen) atoms. The van der Waals surface area contributed by atoms with Gasteiger partial charge in [-0.2, -0.15) is 0 Å². The molecule has 0 fully saturated rings. The zero-order valence-corrected chi connectivity index (χ0v) is 20.2. The van der Waals surface area contributed by atoms with E-state index >= 15 is 0 Å². The van der Waals surface area contributed by atoms with E-state index < -0.39 is 24.3 Å². The van der Waals surface area contributed by atoms with Crippen molar-refractivity contribution in [3.05, 3.63) is 145 Å². The lowest BCUT2D eigenvalue weighted by Gasteiger charge is -2.31. The van der Waals surface area contributed by atoms with Crippen molar-refractivity contribution in [3.63, 3.8) is 0 Å². The fraction of sp³-hybridized carbons (Fsp3) is 0.194. The lowest BCUT2D eigenvalue weighted by molar-refractivity contribution is -0.132. The number of benzene rings is 3. The minimum atomic E-state index is -1.06. The quantitative estimate of drug-likeness (QED) is 0.208. The van der Waals surface area contributed by atoms with E-state index in [0.717, 1.165) is 22.8 Å². The predicted octanol–water partition coefficient (Wildman–Crippen LogP) is 6.13. The summed E-state index contributed by atoms with van der Waals surface area (Å²) in [5.74, 6) is -1.06. The highest BCUT2D eigenvalue weighted by atomic mass is 16.6. The van der Waals surface area contributed by atoms with Gasteiger partial charge in [-0.25, -0.2) is 4.79 Å². The van der Waals surface area contributed by atoms with E-state index in [1.165, 1.54) is 6.08 Å². The van der Waals surface area contributed by atoms with E-state index in [4.69, 9.17) is 14.2 Å². The largest absolute Gasteiger partial charge is 0.478 e. The Labute approximate surface area is 213 Å². The molecule has 0 spiro atoms. The summed E-state index contributed by atoms with van der Waals surface area (Å²) >= 11 is 0. The lowest BCUT2D eigenvalue weighted by Crippen LogP contribution is -2.41. The minimum Gasteiger partial charge on any atom is -0.478 e. The van der Waals surface area contributed by atoms with Gasteiger partial charge in [-0.3, -0.25) is 0 Å². The number of carboxylic acid groups (broad SMARTS) is 1. The van der Waals surface area contributed by atoms with Gasteiger partial charge in [0.1, 0.15) is 18.3 Å². The molecular formula is C31H32O5. The Kier molecular flexibility index (Phi) is 11.4. The predicted molar refractivity (Wildman–Crippen MR) is 141 cm³/mol. The third-order valence-electron chi connectivity index (χ3n) is 5.37. The highest BCUT2D eigenvalue weighted by molar-refractivity contribution is 5.79. The average molecular weight is 485 g/mol. The summed E-state index contributed by atoms with van der Waals surface area (Å²) in [6.07, 6.45) is 6.06. The molecule has 3 atom stereocenters. The van der Waals surface area contributed by atoms with E-state index in [2.05, 4.69) is 6.58 Å². The summed E-state index contributed by atoms with van der Waals surface area (Å²) < 4.78 is 18.9. The van der Waals surface area contributed by atoms with E-state index in [-0.39, 0.29) is 6.61 Å². The van der Waals surface area contributed by atoms with Crippen LogP contribution in [0.5, 0.6) is 0 Å². The molecule has 0 aromatic heterocycles. The molecule has 0 heterocycles. The lowest BCUT2D eigenvalue weighted by atomic mass is 10.0. The molecule has 3 aromatic rings. The normalized spacial score (nSPS) is 14.0. The van der Waals surface area contributed by atoms with Crippen LogP contribution in [0.3, 0.4) is 0 Å². The number of allylic oxidation sites excluding steroid dienone is 2. The smallest absolute Gasteiger partial charge is 0.328 e. The molecule has 0 amide bonds. The van der Waals surface area contributed by atoms with Crippen molar-refractivity contribution in [1.82, 2.24) is 0 Å². The van der Waals surface area contributed by atoms with Gasteiger partial charge < -0.3 is 19.3 Å². The minimum absolute atomic E-state index is 0.289. The second-order valence-electron chi connectivity index (χ2n) is 8.10. The summed E-state index contributed by atoms with van der Waals surface area (Å²) in [7, 11) is 0. The SMILES string of the molecule is C=C/C=C/[C@H](OCc1ccccc1)[C@H](OCc1ccccc1)[C@H](/C=C/C(=O)O)OCc1ccccc1. The van der Waals surface area contributed by atoms with Crippen molar-refractivity contribution < 1.29 is 24.1 Å². The van der Waals surface area contributed by atoms with Crippen molar-refractivity contribution >= 4 is 5.97 Å². The van der Waals surface area contributed by atoms with E-state index in [9.17, 15) is 9.90 Å². The molecule has 0 saturated heterocycles. The van der Waals surface area contributed by atoms with Crippen molar-refractivity contribution in [2.24, 2.45) is 0 Å². The summed E-state index contributed by atoms with van der Waals surface area (Å²) in [4.78, 5) is 11.4. The summed E-state index contributed by atoms with van der Waals surface area (Å²) in [6, 6.07) is 29.3. The molecule has 5 nitrogen and oxygen atoms in total. The third-order valence-corrected chi connectivity index (χ3v) is 5.37. The maximum atomic E-state index is 11.4. The van der Waals surface area contributed by atoms with Gasteiger partial charge in [0.15, 0.2) is 0 Å². The van der Waals surface area contributed by atoms with Gasteiger partial charge in [0, 0.05) is 6.08 Å². The third kappa shape index (κ3) is 9.47. The molecule has 5 heteroatoms. The van der Waals surface area contributed by atoms with Crippen molar-refractivity contribution in [1.29, 1.82) is 0 Å². The van der Waals surface area contributed by atoms with E-state index in [1.54, 1.807) is 12.2 Å². The van der Waals surface area contributed by atoms with Crippen LogP contribution in [0.25, 0.3) is 0 Å². The van der Waals surface area contributed by atoms with Crippen LogP contribution in [0, 0.1) is 0 Å². The van der Waals surface area contributed by atoms with E-state index in [0.29, 0.717) is 13.2 Å². The average Bonchev–Trinajstić information content (AvgIpc) is 2.92.